The minimum atomic E-state index is 0.102. The SMILES string of the molecule is CCCCCCCCCCNc1ccc(OCC#N)cc1. The fraction of sp³-hybridized carbons (Fsp3) is 0.611. The minimum Gasteiger partial charge on any atom is -0.479 e. The Balaban J connectivity index is 2.01. The van der Waals surface area contributed by atoms with Gasteiger partial charge >= 0.3 is 0 Å². The summed E-state index contributed by atoms with van der Waals surface area (Å²) >= 11 is 0. The average molecular weight is 288 g/mol. The summed E-state index contributed by atoms with van der Waals surface area (Å²) in [7, 11) is 0. The normalized spacial score (nSPS) is 10.1. The topological polar surface area (TPSA) is 45.0 Å². The third kappa shape index (κ3) is 8.96. The molecule has 0 saturated heterocycles. The lowest BCUT2D eigenvalue weighted by atomic mass is 10.1. The molecule has 0 amide bonds. The molecule has 1 N–H and O–H groups in total. The molecule has 0 atom stereocenters. The average Bonchev–Trinajstić information content (AvgIpc) is 2.52. The maximum Gasteiger partial charge on any atom is 0.174 e. The van der Waals surface area contributed by atoms with Gasteiger partial charge in [0.15, 0.2) is 6.61 Å². The van der Waals surface area contributed by atoms with Crippen LogP contribution in [0.2, 0.25) is 0 Å². The number of nitrogens with zero attached hydrogens (tertiary/aromatic N) is 1. The highest BCUT2D eigenvalue weighted by Gasteiger charge is 1.95. The molecule has 0 fully saturated rings. The molecule has 1 aromatic rings. The van der Waals surface area contributed by atoms with Crippen molar-refractivity contribution in [1.29, 1.82) is 5.26 Å². The highest BCUT2D eigenvalue weighted by atomic mass is 16.5. The maximum absolute atomic E-state index is 8.44. The van der Waals surface area contributed by atoms with Gasteiger partial charge in [-0.25, -0.2) is 0 Å². The lowest BCUT2D eigenvalue weighted by Crippen LogP contribution is -2.01. The van der Waals surface area contributed by atoms with Crippen LogP contribution in [0.25, 0.3) is 0 Å². The van der Waals surface area contributed by atoms with E-state index in [-0.39, 0.29) is 6.61 Å². The summed E-state index contributed by atoms with van der Waals surface area (Å²) in [5.41, 5.74) is 1.11. The number of nitriles is 1. The molecule has 3 heteroatoms. The van der Waals surface area contributed by atoms with E-state index in [4.69, 9.17) is 10.00 Å². The van der Waals surface area contributed by atoms with Crippen LogP contribution in [-0.2, 0) is 0 Å². The lowest BCUT2D eigenvalue weighted by molar-refractivity contribution is 0.368. The third-order valence-corrected chi connectivity index (χ3v) is 3.52. The van der Waals surface area contributed by atoms with Gasteiger partial charge in [0.1, 0.15) is 11.8 Å². The summed E-state index contributed by atoms with van der Waals surface area (Å²) in [5, 5.41) is 11.9. The van der Waals surface area contributed by atoms with Crippen molar-refractivity contribution in [2.45, 2.75) is 58.3 Å². The Hall–Kier alpha value is -1.69. The van der Waals surface area contributed by atoms with Crippen molar-refractivity contribution >= 4 is 5.69 Å². The molecule has 0 unspecified atom stereocenters. The van der Waals surface area contributed by atoms with E-state index in [0.717, 1.165) is 18.0 Å². The summed E-state index contributed by atoms with van der Waals surface area (Å²) in [5.74, 6) is 0.745. The zero-order valence-electron chi connectivity index (χ0n) is 13.2. The monoisotopic (exact) mass is 288 g/mol. The van der Waals surface area contributed by atoms with Crippen LogP contribution in [-0.4, -0.2) is 13.2 Å². The fourth-order valence-corrected chi connectivity index (χ4v) is 2.28. The van der Waals surface area contributed by atoms with Gasteiger partial charge < -0.3 is 10.1 Å². The molecule has 3 nitrogen and oxygen atoms in total. The molecule has 0 aliphatic heterocycles. The molecular formula is C18H28N2O. The van der Waals surface area contributed by atoms with E-state index in [0.29, 0.717) is 0 Å². The summed E-state index contributed by atoms with van der Waals surface area (Å²) in [4.78, 5) is 0. The van der Waals surface area contributed by atoms with Gasteiger partial charge in [0.05, 0.1) is 0 Å². The number of anilines is 1. The van der Waals surface area contributed by atoms with Crippen LogP contribution >= 0.6 is 0 Å². The minimum absolute atomic E-state index is 0.102. The van der Waals surface area contributed by atoms with Gasteiger partial charge in [-0.1, -0.05) is 51.9 Å². The molecule has 0 saturated carbocycles. The second-order valence-electron chi connectivity index (χ2n) is 5.37. The van der Waals surface area contributed by atoms with Gasteiger partial charge in [-0.2, -0.15) is 5.26 Å². The van der Waals surface area contributed by atoms with E-state index in [9.17, 15) is 0 Å². The van der Waals surface area contributed by atoms with Crippen molar-refractivity contribution in [3.05, 3.63) is 24.3 Å². The van der Waals surface area contributed by atoms with Crippen LogP contribution < -0.4 is 10.1 Å². The van der Waals surface area contributed by atoms with Crippen molar-refractivity contribution < 1.29 is 4.74 Å². The first-order valence-corrected chi connectivity index (χ1v) is 8.20. The molecule has 1 rings (SSSR count). The number of hydrogen-bond acceptors (Lipinski definition) is 3. The fourth-order valence-electron chi connectivity index (χ4n) is 2.28. The molecular weight excluding hydrogens is 260 g/mol. The lowest BCUT2D eigenvalue weighted by Gasteiger charge is -2.07. The zero-order valence-corrected chi connectivity index (χ0v) is 13.2. The van der Waals surface area contributed by atoms with Gasteiger partial charge in [0.25, 0.3) is 0 Å². The van der Waals surface area contributed by atoms with Crippen molar-refractivity contribution in [3.8, 4) is 11.8 Å². The number of rotatable bonds is 12. The molecule has 1 aromatic carbocycles. The number of hydrogen-bond donors (Lipinski definition) is 1. The van der Waals surface area contributed by atoms with Crippen LogP contribution in [0.15, 0.2) is 24.3 Å². The van der Waals surface area contributed by atoms with E-state index in [2.05, 4.69) is 12.2 Å². The highest BCUT2D eigenvalue weighted by molar-refractivity contribution is 5.46. The van der Waals surface area contributed by atoms with E-state index >= 15 is 0 Å². The number of benzene rings is 1. The maximum atomic E-state index is 8.44. The summed E-state index contributed by atoms with van der Waals surface area (Å²) in [6.07, 6.45) is 10.8. The molecule has 0 bridgehead atoms. The first-order valence-electron chi connectivity index (χ1n) is 8.20. The standard InChI is InChI=1S/C18H28N2O/c1-2-3-4-5-6-7-8-9-15-20-17-10-12-18(13-11-17)21-16-14-19/h10-13,20H,2-9,15-16H2,1H3. The quantitative estimate of drug-likeness (QED) is 0.541. The van der Waals surface area contributed by atoms with Gasteiger partial charge in [-0.05, 0) is 30.7 Å². The number of nitrogens with one attached hydrogen (secondary N) is 1. The third-order valence-electron chi connectivity index (χ3n) is 3.52. The Morgan fingerprint density at radius 3 is 2.19 bits per heavy atom. The first-order chi connectivity index (χ1) is 10.4. The summed E-state index contributed by atoms with van der Waals surface area (Å²) in [6, 6.07) is 9.75. The molecule has 21 heavy (non-hydrogen) atoms. The molecule has 0 heterocycles. The Bertz CT molecular complexity index is 395. The Kier molecular flexibility index (Phi) is 9.99. The van der Waals surface area contributed by atoms with Crippen molar-refractivity contribution in [2.75, 3.05) is 18.5 Å². The highest BCUT2D eigenvalue weighted by Crippen LogP contribution is 2.16. The van der Waals surface area contributed by atoms with Crippen LogP contribution in [0.3, 0.4) is 0 Å². The van der Waals surface area contributed by atoms with E-state index < -0.39 is 0 Å². The van der Waals surface area contributed by atoms with Crippen LogP contribution in [0, 0.1) is 11.3 Å². The first kappa shape index (κ1) is 17.4. The van der Waals surface area contributed by atoms with Gasteiger partial charge in [0.2, 0.25) is 0 Å². The molecule has 116 valence electrons. The van der Waals surface area contributed by atoms with Gasteiger partial charge in [-0.15, -0.1) is 0 Å². The van der Waals surface area contributed by atoms with Crippen LogP contribution in [0.1, 0.15) is 58.3 Å². The van der Waals surface area contributed by atoms with Crippen LogP contribution in [0.5, 0.6) is 5.75 Å². The van der Waals surface area contributed by atoms with Crippen LogP contribution in [0.4, 0.5) is 5.69 Å². The molecule has 0 radical (unpaired) electrons. The predicted octanol–water partition coefficient (Wildman–Crippen LogP) is 5.14. The van der Waals surface area contributed by atoms with Gasteiger partial charge in [-0.3, -0.25) is 0 Å². The van der Waals surface area contributed by atoms with Crippen molar-refractivity contribution in [2.24, 2.45) is 0 Å². The zero-order chi connectivity index (χ0) is 15.2. The number of unbranched alkanes of at least 4 members (excludes halogenated alkanes) is 7. The Morgan fingerprint density at radius 2 is 1.57 bits per heavy atom. The smallest absolute Gasteiger partial charge is 0.174 e. The molecule has 0 spiro atoms. The van der Waals surface area contributed by atoms with Gasteiger partial charge in [0, 0.05) is 12.2 Å². The second-order valence-corrected chi connectivity index (χ2v) is 5.37. The Labute approximate surface area is 129 Å². The summed E-state index contributed by atoms with van der Waals surface area (Å²) in [6.45, 7) is 3.38. The van der Waals surface area contributed by atoms with E-state index in [1.807, 2.05) is 30.3 Å². The summed E-state index contributed by atoms with van der Waals surface area (Å²) < 4.78 is 5.22. The van der Waals surface area contributed by atoms with E-state index in [1.165, 1.54) is 51.4 Å². The molecule has 0 aromatic heterocycles. The largest absolute Gasteiger partial charge is 0.479 e. The molecule has 0 aliphatic carbocycles. The number of ether oxygens (including phenoxy) is 1. The second kappa shape index (κ2) is 12.1. The van der Waals surface area contributed by atoms with Crippen molar-refractivity contribution in [3.63, 3.8) is 0 Å². The van der Waals surface area contributed by atoms with Crippen molar-refractivity contribution in [1.82, 2.24) is 0 Å². The molecule has 0 aliphatic rings. The van der Waals surface area contributed by atoms with E-state index in [1.54, 1.807) is 0 Å². The Morgan fingerprint density at radius 1 is 0.952 bits per heavy atom. The predicted molar refractivity (Wildman–Crippen MR) is 88.6 cm³/mol.